The van der Waals surface area contributed by atoms with Gasteiger partial charge in [0, 0.05) is 23.3 Å². The number of aromatic nitrogens is 3. The maximum Gasteiger partial charge on any atom is 0.405 e. The highest BCUT2D eigenvalue weighted by atomic mass is 127. The van der Waals surface area contributed by atoms with Gasteiger partial charge in [-0.2, -0.15) is 0 Å². The number of hydrogen-bond acceptors (Lipinski definition) is 4. The predicted molar refractivity (Wildman–Crippen MR) is 88.8 cm³/mol. The van der Waals surface area contributed by atoms with Crippen LogP contribution in [0.1, 0.15) is 37.9 Å². The van der Waals surface area contributed by atoms with Gasteiger partial charge in [-0.15, -0.1) is 0 Å². The van der Waals surface area contributed by atoms with Gasteiger partial charge in [-0.3, -0.25) is 4.40 Å². The van der Waals surface area contributed by atoms with E-state index in [1.807, 2.05) is 10.6 Å². The van der Waals surface area contributed by atoms with Crippen LogP contribution in [-0.2, 0) is 5.41 Å². The minimum atomic E-state index is -0.936. The number of amides is 1. The summed E-state index contributed by atoms with van der Waals surface area (Å²) < 4.78 is 2.88. The third-order valence-electron chi connectivity index (χ3n) is 5.23. The molecule has 0 unspecified atom stereocenters. The van der Waals surface area contributed by atoms with Crippen molar-refractivity contribution in [3.8, 4) is 0 Å². The molecule has 2 aromatic rings. The molecule has 2 aliphatic carbocycles. The second-order valence-electron chi connectivity index (χ2n) is 6.42. The van der Waals surface area contributed by atoms with Gasteiger partial charge < -0.3 is 16.2 Å². The van der Waals surface area contributed by atoms with Crippen LogP contribution in [0.25, 0.3) is 5.52 Å². The van der Waals surface area contributed by atoms with Crippen molar-refractivity contribution in [1.82, 2.24) is 19.7 Å². The van der Waals surface area contributed by atoms with Gasteiger partial charge in [-0.05, 0) is 54.7 Å². The maximum absolute atomic E-state index is 11.1. The van der Waals surface area contributed by atoms with Gasteiger partial charge in [0.25, 0.3) is 0 Å². The van der Waals surface area contributed by atoms with Crippen molar-refractivity contribution in [2.24, 2.45) is 0 Å². The molecule has 116 valence electrons. The quantitative estimate of drug-likeness (QED) is 0.655. The summed E-state index contributed by atoms with van der Waals surface area (Å²) in [6.07, 6.45) is 7.09. The number of halogens is 1. The first kappa shape index (κ1) is 14.0. The largest absolute Gasteiger partial charge is 0.465 e. The highest BCUT2D eigenvalue weighted by molar-refractivity contribution is 14.1. The number of rotatable bonds is 2. The van der Waals surface area contributed by atoms with Gasteiger partial charge in [0.2, 0.25) is 0 Å². The summed E-state index contributed by atoms with van der Waals surface area (Å²) >= 11 is 2.19. The summed E-state index contributed by atoms with van der Waals surface area (Å²) in [5.74, 6) is 1.47. The van der Waals surface area contributed by atoms with Crippen molar-refractivity contribution in [1.29, 1.82) is 0 Å². The highest BCUT2D eigenvalue weighted by Gasteiger charge is 2.57. The van der Waals surface area contributed by atoms with Gasteiger partial charge >= 0.3 is 6.09 Å². The van der Waals surface area contributed by atoms with E-state index in [9.17, 15) is 4.79 Å². The zero-order chi connectivity index (χ0) is 15.5. The van der Waals surface area contributed by atoms with E-state index in [2.05, 4.69) is 32.9 Å². The molecule has 2 aromatic heterocycles. The number of carboxylic acid groups (broad SMARTS) is 1. The lowest BCUT2D eigenvalue weighted by atomic mass is 9.83. The highest BCUT2D eigenvalue weighted by Crippen LogP contribution is 2.57. The number of imidazole rings is 1. The molecular weight excluding hydrogens is 397 g/mol. The first-order valence-corrected chi connectivity index (χ1v) is 8.32. The number of nitrogens with two attached hydrogens (primary N) is 1. The van der Waals surface area contributed by atoms with E-state index in [0.29, 0.717) is 5.82 Å². The Hall–Kier alpha value is -1.58. The number of nitrogens with zero attached hydrogens (tertiary/aromatic N) is 3. The summed E-state index contributed by atoms with van der Waals surface area (Å²) in [5, 5.41) is 11.8. The number of hydrogen-bond donors (Lipinski definition) is 3. The standard InChI is InChI=1S/C14H16IN5O2/c15-9-8-10(16)17-5-6-20(8)11(18-9)13-1-3-14(7-13,4-2-13)19-12(21)22/h5-6,19H,1-4,7H2,(H2,16,17)(H,21,22). The van der Waals surface area contributed by atoms with Crippen molar-refractivity contribution in [2.75, 3.05) is 5.73 Å². The Balaban J connectivity index is 1.81. The van der Waals surface area contributed by atoms with Crippen LogP contribution in [0.3, 0.4) is 0 Å². The Bertz CT molecular complexity index is 779. The number of anilines is 1. The molecule has 22 heavy (non-hydrogen) atoms. The Morgan fingerprint density at radius 1 is 1.41 bits per heavy atom. The molecule has 4 N–H and O–H groups in total. The second kappa shape index (κ2) is 4.46. The van der Waals surface area contributed by atoms with Gasteiger partial charge in [0.05, 0.1) is 0 Å². The number of nitrogen functional groups attached to an aromatic ring is 1. The van der Waals surface area contributed by atoms with E-state index >= 15 is 0 Å². The molecule has 7 nitrogen and oxygen atoms in total. The smallest absolute Gasteiger partial charge is 0.405 e. The Kier molecular flexibility index (Phi) is 2.85. The normalized spacial score (nSPS) is 30.0. The Morgan fingerprint density at radius 2 is 2.14 bits per heavy atom. The van der Waals surface area contributed by atoms with Crippen molar-refractivity contribution < 1.29 is 9.90 Å². The first-order chi connectivity index (χ1) is 10.4. The predicted octanol–water partition coefficient (Wildman–Crippen LogP) is 2.14. The average Bonchev–Trinajstić information content (AvgIpc) is 3.09. The van der Waals surface area contributed by atoms with E-state index in [4.69, 9.17) is 15.8 Å². The molecule has 0 saturated heterocycles. The summed E-state index contributed by atoms with van der Waals surface area (Å²) in [7, 11) is 0. The first-order valence-electron chi connectivity index (χ1n) is 7.24. The summed E-state index contributed by atoms with van der Waals surface area (Å²) in [4.78, 5) is 20.0. The fourth-order valence-corrected chi connectivity index (χ4v) is 5.07. The zero-order valence-electron chi connectivity index (χ0n) is 11.8. The topological polar surface area (TPSA) is 106 Å². The van der Waals surface area contributed by atoms with E-state index in [1.54, 1.807) is 6.20 Å². The molecule has 0 radical (unpaired) electrons. The molecule has 1 amide bonds. The lowest BCUT2D eigenvalue weighted by molar-refractivity contribution is 0.177. The third kappa shape index (κ3) is 1.82. The molecule has 2 saturated carbocycles. The molecule has 2 fully saturated rings. The molecule has 2 aliphatic rings. The van der Waals surface area contributed by atoms with Gasteiger partial charge in [-0.1, -0.05) is 0 Å². The van der Waals surface area contributed by atoms with Crippen molar-refractivity contribution in [2.45, 2.75) is 43.1 Å². The molecule has 0 spiro atoms. The minimum absolute atomic E-state index is 0.0669. The lowest BCUT2D eigenvalue weighted by Crippen LogP contribution is -2.44. The average molecular weight is 413 g/mol. The summed E-state index contributed by atoms with van der Waals surface area (Å²) in [5.41, 5.74) is 6.48. The molecule has 8 heteroatoms. The van der Waals surface area contributed by atoms with Crippen molar-refractivity contribution in [3.63, 3.8) is 0 Å². The van der Waals surface area contributed by atoms with E-state index in [0.717, 1.165) is 47.1 Å². The summed E-state index contributed by atoms with van der Waals surface area (Å²) in [6.45, 7) is 0. The lowest BCUT2D eigenvalue weighted by Gasteiger charge is -2.27. The molecule has 2 bridgehead atoms. The van der Waals surface area contributed by atoms with E-state index in [1.165, 1.54) is 0 Å². The van der Waals surface area contributed by atoms with Gasteiger partial charge in [0.1, 0.15) is 15.0 Å². The number of fused-ring (bicyclic) bond motifs is 3. The molecule has 0 aliphatic heterocycles. The molecule has 0 atom stereocenters. The Morgan fingerprint density at radius 3 is 2.82 bits per heavy atom. The molecule has 4 rings (SSSR count). The number of carbonyl (C=O) groups is 1. The molecule has 0 aromatic carbocycles. The van der Waals surface area contributed by atoms with Crippen LogP contribution in [0, 0.1) is 3.70 Å². The SMILES string of the molecule is Nc1nccn2c(C34CCC(NC(=O)O)(CC3)C4)nc(I)c12. The van der Waals surface area contributed by atoms with Crippen LogP contribution < -0.4 is 11.1 Å². The van der Waals surface area contributed by atoms with Crippen LogP contribution in [0.15, 0.2) is 12.4 Å². The zero-order valence-corrected chi connectivity index (χ0v) is 14.0. The second-order valence-corrected chi connectivity index (χ2v) is 7.45. The number of nitrogens with one attached hydrogen (secondary N) is 1. The van der Waals surface area contributed by atoms with Crippen LogP contribution in [0.2, 0.25) is 0 Å². The third-order valence-corrected chi connectivity index (χ3v) is 5.98. The van der Waals surface area contributed by atoms with Crippen LogP contribution >= 0.6 is 22.6 Å². The minimum Gasteiger partial charge on any atom is -0.465 e. The fourth-order valence-electron chi connectivity index (χ4n) is 4.30. The van der Waals surface area contributed by atoms with Crippen LogP contribution in [0.5, 0.6) is 0 Å². The van der Waals surface area contributed by atoms with Crippen LogP contribution in [-0.4, -0.2) is 31.1 Å². The maximum atomic E-state index is 11.1. The van der Waals surface area contributed by atoms with Crippen molar-refractivity contribution in [3.05, 3.63) is 21.9 Å². The van der Waals surface area contributed by atoms with Gasteiger partial charge in [-0.25, -0.2) is 14.8 Å². The van der Waals surface area contributed by atoms with E-state index in [-0.39, 0.29) is 11.0 Å². The molecule has 2 heterocycles. The van der Waals surface area contributed by atoms with E-state index < -0.39 is 6.09 Å². The summed E-state index contributed by atoms with van der Waals surface area (Å²) in [6, 6.07) is 0. The molecular formula is C14H16IN5O2. The van der Waals surface area contributed by atoms with Gasteiger partial charge in [0.15, 0.2) is 5.82 Å². The fraction of sp³-hybridized carbons (Fsp3) is 0.500. The van der Waals surface area contributed by atoms with Crippen molar-refractivity contribution >= 4 is 40.0 Å². The van der Waals surface area contributed by atoms with Crippen LogP contribution in [0.4, 0.5) is 10.6 Å². The monoisotopic (exact) mass is 413 g/mol. The Labute approximate surface area is 140 Å².